The van der Waals surface area contributed by atoms with Gasteiger partial charge in [-0.3, -0.25) is 4.68 Å². The third kappa shape index (κ3) is 3.41. The predicted octanol–water partition coefficient (Wildman–Crippen LogP) is 1.96. The molecule has 92 valence electrons. The van der Waals surface area contributed by atoms with Gasteiger partial charge in [0.2, 0.25) is 0 Å². The average molecular weight is 253 g/mol. The Morgan fingerprint density at radius 3 is 2.56 bits per heavy atom. The lowest BCUT2D eigenvalue weighted by molar-refractivity contribution is -0.165. The molecule has 1 aromatic heterocycles. The van der Waals surface area contributed by atoms with E-state index in [0.29, 0.717) is 0 Å². The maximum atomic E-state index is 12.4. The lowest BCUT2D eigenvalue weighted by atomic mass is 10.2. The van der Waals surface area contributed by atoms with E-state index in [-0.39, 0.29) is 12.3 Å². The van der Waals surface area contributed by atoms with E-state index < -0.39 is 12.1 Å². The molecule has 0 saturated carbocycles. The van der Waals surface area contributed by atoms with Crippen molar-refractivity contribution in [2.24, 2.45) is 18.7 Å². The van der Waals surface area contributed by atoms with E-state index in [1.54, 1.807) is 24.7 Å². The molecule has 1 aromatic rings. The van der Waals surface area contributed by atoms with Gasteiger partial charge in [-0.1, -0.05) is 0 Å². The van der Waals surface area contributed by atoms with Crippen molar-refractivity contribution in [2.45, 2.75) is 18.1 Å². The van der Waals surface area contributed by atoms with E-state index in [4.69, 9.17) is 5.73 Å². The first kappa shape index (κ1) is 13.4. The summed E-state index contributed by atoms with van der Waals surface area (Å²) in [5.41, 5.74) is 5.90. The van der Waals surface area contributed by atoms with Crippen molar-refractivity contribution in [3.05, 3.63) is 11.8 Å². The highest BCUT2D eigenvalue weighted by Gasteiger charge is 2.38. The van der Waals surface area contributed by atoms with Gasteiger partial charge in [0.1, 0.15) is 0 Å². The SMILES string of the molecule is Cc1cc(SCC(CN)C(F)(F)F)n(C)n1. The van der Waals surface area contributed by atoms with Crippen molar-refractivity contribution < 1.29 is 13.2 Å². The van der Waals surface area contributed by atoms with E-state index in [1.165, 1.54) is 0 Å². The first-order valence-electron chi connectivity index (χ1n) is 4.74. The second-order valence-corrected chi connectivity index (χ2v) is 4.57. The number of thioether (sulfide) groups is 1. The van der Waals surface area contributed by atoms with Crippen molar-refractivity contribution in [3.8, 4) is 0 Å². The van der Waals surface area contributed by atoms with Gasteiger partial charge in [-0.15, -0.1) is 11.8 Å². The monoisotopic (exact) mass is 253 g/mol. The van der Waals surface area contributed by atoms with Crippen LogP contribution >= 0.6 is 11.8 Å². The third-order valence-electron chi connectivity index (χ3n) is 2.14. The van der Waals surface area contributed by atoms with Gasteiger partial charge in [0.15, 0.2) is 0 Å². The van der Waals surface area contributed by atoms with E-state index in [9.17, 15) is 13.2 Å². The standard InChI is InChI=1S/C9H14F3N3S/c1-6-3-8(15(2)14-6)16-5-7(4-13)9(10,11)12/h3,7H,4-5,13H2,1-2H3. The summed E-state index contributed by atoms with van der Waals surface area (Å²) in [6.07, 6.45) is -4.23. The molecule has 16 heavy (non-hydrogen) atoms. The summed E-state index contributed by atoms with van der Waals surface area (Å²) in [4.78, 5) is 0. The molecule has 0 bridgehead atoms. The van der Waals surface area contributed by atoms with Gasteiger partial charge < -0.3 is 5.73 Å². The van der Waals surface area contributed by atoms with Crippen LogP contribution < -0.4 is 5.73 Å². The lowest BCUT2D eigenvalue weighted by Crippen LogP contribution is -2.32. The summed E-state index contributed by atoms with van der Waals surface area (Å²) in [7, 11) is 1.71. The highest BCUT2D eigenvalue weighted by atomic mass is 32.2. The van der Waals surface area contributed by atoms with Gasteiger partial charge in [-0.2, -0.15) is 18.3 Å². The molecule has 1 heterocycles. The van der Waals surface area contributed by atoms with Crippen molar-refractivity contribution in [3.63, 3.8) is 0 Å². The summed E-state index contributed by atoms with van der Waals surface area (Å²) < 4.78 is 38.8. The number of nitrogens with zero attached hydrogens (tertiary/aromatic N) is 2. The Balaban J connectivity index is 2.60. The van der Waals surface area contributed by atoms with Gasteiger partial charge in [0.25, 0.3) is 0 Å². The van der Waals surface area contributed by atoms with Crippen LogP contribution in [0.2, 0.25) is 0 Å². The van der Waals surface area contributed by atoms with Crippen LogP contribution in [-0.2, 0) is 7.05 Å². The number of nitrogens with two attached hydrogens (primary N) is 1. The summed E-state index contributed by atoms with van der Waals surface area (Å²) in [6.45, 7) is 1.42. The van der Waals surface area contributed by atoms with E-state index in [1.807, 2.05) is 0 Å². The normalized spacial score (nSPS) is 14.1. The predicted molar refractivity (Wildman–Crippen MR) is 57.3 cm³/mol. The van der Waals surface area contributed by atoms with Crippen LogP contribution in [0.4, 0.5) is 13.2 Å². The molecule has 0 aliphatic carbocycles. The largest absolute Gasteiger partial charge is 0.393 e. The molecular formula is C9H14F3N3S. The van der Waals surface area contributed by atoms with Crippen LogP contribution in [-0.4, -0.2) is 28.3 Å². The van der Waals surface area contributed by atoms with Crippen molar-refractivity contribution in [2.75, 3.05) is 12.3 Å². The zero-order valence-electron chi connectivity index (χ0n) is 9.08. The number of halogens is 3. The third-order valence-corrected chi connectivity index (χ3v) is 3.39. The minimum absolute atomic E-state index is 0.0705. The molecule has 2 N–H and O–H groups in total. The first-order chi connectivity index (χ1) is 7.34. The Morgan fingerprint density at radius 1 is 1.56 bits per heavy atom. The first-order valence-corrected chi connectivity index (χ1v) is 5.73. The summed E-state index contributed by atoms with van der Waals surface area (Å²) in [6, 6.07) is 1.76. The molecule has 0 amide bonds. The van der Waals surface area contributed by atoms with Gasteiger partial charge in [0, 0.05) is 19.3 Å². The topological polar surface area (TPSA) is 43.8 Å². The molecule has 0 aromatic carbocycles. The Morgan fingerprint density at radius 2 is 2.19 bits per heavy atom. The minimum Gasteiger partial charge on any atom is -0.330 e. The molecule has 0 radical (unpaired) electrons. The Bertz CT molecular complexity index is 348. The number of rotatable bonds is 4. The fraction of sp³-hybridized carbons (Fsp3) is 0.667. The maximum Gasteiger partial charge on any atom is 0.393 e. The van der Waals surface area contributed by atoms with Crippen molar-refractivity contribution >= 4 is 11.8 Å². The Labute approximate surface area is 96.2 Å². The van der Waals surface area contributed by atoms with E-state index in [2.05, 4.69) is 5.10 Å². The average Bonchev–Trinajstić information content (AvgIpc) is 2.44. The molecule has 0 aliphatic rings. The molecule has 1 unspecified atom stereocenters. The van der Waals surface area contributed by atoms with Gasteiger partial charge >= 0.3 is 6.18 Å². The molecule has 0 spiro atoms. The van der Waals surface area contributed by atoms with Gasteiger partial charge in [-0.25, -0.2) is 0 Å². The summed E-state index contributed by atoms with van der Waals surface area (Å²) in [5.74, 6) is -1.54. The van der Waals surface area contributed by atoms with Crippen molar-refractivity contribution in [1.29, 1.82) is 0 Å². The van der Waals surface area contributed by atoms with Crippen LogP contribution in [0.3, 0.4) is 0 Å². The van der Waals surface area contributed by atoms with E-state index >= 15 is 0 Å². The van der Waals surface area contributed by atoms with Crippen LogP contribution in [0.25, 0.3) is 0 Å². The summed E-state index contributed by atoms with van der Waals surface area (Å²) >= 11 is 1.13. The molecule has 0 aliphatic heterocycles. The molecule has 1 rings (SSSR count). The number of aryl methyl sites for hydroxylation is 2. The van der Waals surface area contributed by atoms with Crippen LogP contribution in [0.15, 0.2) is 11.1 Å². The van der Waals surface area contributed by atoms with Gasteiger partial charge in [-0.05, 0) is 13.0 Å². The molecule has 1 atom stereocenters. The second kappa shape index (κ2) is 5.09. The zero-order valence-corrected chi connectivity index (χ0v) is 9.90. The van der Waals surface area contributed by atoms with Crippen LogP contribution in [0.5, 0.6) is 0 Å². The second-order valence-electron chi connectivity index (χ2n) is 3.53. The molecule has 7 heteroatoms. The van der Waals surface area contributed by atoms with Gasteiger partial charge in [0.05, 0.1) is 16.6 Å². The van der Waals surface area contributed by atoms with Crippen LogP contribution in [0, 0.1) is 12.8 Å². The molecule has 0 saturated heterocycles. The zero-order chi connectivity index (χ0) is 12.3. The Kier molecular flexibility index (Phi) is 4.26. The maximum absolute atomic E-state index is 12.4. The molecular weight excluding hydrogens is 239 g/mol. The minimum atomic E-state index is -4.23. The Hall–Kier alpha value is -0.690. The number of hydrogen-bond donors (Lipinski definition) is 1. The number of alkyl halides is 3. The number of aromatic nitrogens is 2. The fourth-order valence-corrected chi connectivity index (χ4v) is 2.38. The highest BCUT2D eigenvalue weighted by Crippen LogP contribution is 2.31. The smallest absolute Gasteiger partial charge is 0.330 e. The summed E-state index contributed by atoms with van der Waals surface area (Å²) in [5, 5.41) is 4.78. The molecule has 3 nitrogen and oxygen atoms in total. The quantitative estimate of drug-likeness (QED) is 0.834. The molecule has 0 fully saturated rings. The van der Waals surface area contributed by atoms with Crippen LogP contribution in [0.1, 0.15) is 5.69 Å². The fourth-order valence-electron chi connectivity index (χ4n) is 1.20. The number of hydrogen-bond acceptors (Lipinski definition) is 3. The van der Waals surface area contributed by atoms with E-state index in [0.717, 1.165) is 22.5 Å². The highest BCUT2D eigenvalue weighted by molar-refractivity contribution is 7.99. The lowest BCUT2D eigenvalue weighted by Gasteiger charge is -2.17. The van der Waals surface area contributed by atoms with Crippen molar-refractivity contribution in [1.82, 2.24) is 9.78 Å².